The van der Waals surface area contributed by atoms with E-state index in [2.05, 4.69) is 21.2 Å². The lowest BCUT2D eigenvalue weighted by molar-refractivity contribution is 0.0941. The van der Waals surface area contributed by atoms with Gasteiger partial charge in [-0.1, -0.05) is 15.9 Å². The van der Waals surface area contributed by atoms with Gasteiger partial charge in [0, 0.05) is 16.1 Å². The molecule has 0 aliphatic carbocycles. The fourth-order valence-corrected chi connectivity index (χ4v) is 3.72. The predicted molar refractivity (Wildman–Crippen MR) is 68.7 cm³/mol. The Balaban J connectivity index is 2.01. The minimum atomic E-state index is -2.95. The standard InChI is InChI=1S/C11H12BrNO3S/c12-9-3-1-8(2-4-9)11(14)13-10-5-6-17(15,16)7-10/h1-4,10H,5-7H2,(H,13,14)/t10-/m0/s1. The van der Waals surface area contributed by atoms with Crippen LogP contribution in [0.4, 0.5) is 0 Å². The molecule has 1 saturated heterocycles. The van der Waals surface area contributed by atoms with Gasteiger partial charge in [0.05, 0.1) is 11.5 Å². The Morgan fingerprint density at radius 3 is 2.47 bits per heavy atom. The van der Waals surface area contributed by atoms with Gasteiger partial charge in [0.25, 0.3) is 5.91 Å². The number of amides is 1. The van der Waals surface area contributed by atoms with E-state index in [1.54, 1.807) is 24.3 Å². The van der Waals surface area contributed by atoms with Crippen molar-refractivity contribution in [1.29, 1.82) is 0 Å². The van der Waals surface area contributed by atoms with Crippen LogP contribution in [0.2, 0.25) is 0 Å². The van der Waals surface area contributed by atoms with Crippen LogP contribution in [0.25, 0.3) is 0 Å². The van der Waals surface area contributed by atoms with Gasteiger partial charge in [-0.3, -0.25) is 4.79 Å². The Hall–Kier alpha value is -0.880. The average Bonchev–Trinajstić information content (AvgIpc) is 2.59. The summed E-state index contributed by atoms with van der Waals surface area (Å²) in [6, 6.07) is 6.70. The van der Waals surface area contributed by atoms with Crippen LogP contribution in [-0.2, 0) is 9.84 Å². The van der Waals surface area contributed by atoms with Crippen LogP contribution in [-0.4, -0.2) is 31.9 Å². The minimum absolute atomic E-state index is 0.0509. The Morgan fingerprint density at radius 1 is 1.29 bits per heavy atom. The van der Waals surface area contributed by atoms with Crippen LogP contribution in [0.1, 0.15) is 16.8 Å². The maximum atomic E-state index is 11.8. The summed E-state index contributed by atoms with van der Waals surface area (Å²) in [5.41, 5.74) is 0.539. The van der Waals surface area contributed by atoms with Gasteiger partial charge in [-0.25, -0.2) is 8.42 Å². The van der Waals surface area contributed by atoms with Gasteiger partial charge in [0.1, 0.15) is 0 Å². The van der Waals surface area contributed by atoms with E-state index in [9.17, 15) is 13.2 Å². The predicted octanol–water partition coefficient (Wildman–Crippen LogP) is 1.37. The molecule has 0 spiro atoms. The van der Waals surface area contributed by atoms with Crippen molar-refractivity contribution in [3.8, 4) is 0 Å². The zero-order valence-corrected chi connectivity index (χ0v) is 11.4. The van der Waals surface area contributed by atoms with Gasteiger partial charge in [0.2, 0.25) is 0 Å². The van der Waals surface area contributed by atoms with Crippen molar-refractivity contribution in [1.82, 2.24) is 5.32 Å². The smallest absolute Gasteiger partial charge is 0.251 e. The van der Waals surface area contributed by atoms with Crippen molar-refractivity contribution in [2.45, 2.75) is 12.5 Å². The SMILES string of the molecule is O=C(N[C@H]1CCS(=O)(=O)C1)c1ccc(Br)cc1. The third kappa shape index (κ3) is 3.29. The number of rotatable bonds is 2. The molecule has 0 aromatic heterocycles. The van der Waals surface area contributed by atoms with Crippen molar-refractivity contribution in [2.75, 3.05) is 11.5 Å². The molecule has 1 N–H and O–H groups in total. The number of carbonyl (C=O) groups excluding carboxylic acids is 1. The summed E-state index contributed by atoms with van der Waals surface area (Å²) >= 11 is 3.29. The van der Waals surface area contributed by atoms with E-state index in [-0.39, 0.29) is 23.5 Å². The van der Waals surface area contributed by atoms with Crippen LogP contribution >= 0.6 is 15.9 Å². The first kappa shape index (κ1) is 12.6. The second-order valence-electron chi connectivity index (χ2n) is 4.08. The first-order chi connectivity index (χ1) is 7.96. The third-order valence-electron chi connectivity index (χ3n) is 2.67. The van der Waals surface area contributed by atoms with E-state index in [1.165, 1.54) is 0 Å². The fraction of sp³-hybridized carbons (Fsp3) is 0.364. The molecule has 1 aliphatic heterocycles. The molecule has 2 rings (SSSR count). The number of hydrogen-bond donors (Lipinski definition) is 1. The molecule has 1 atom stereocenters. The van der Waals surface area contributed by atoms with Crippen molar-refractivity contribution in [2.24, 2.45) is 0 Å². The zero-order valence-electron chi connectivity index (χ0n) is 9.02. The largest absolute Gasteiger partial charge is 0.348 e. The number of nitrogens with one attached hydrogen (secondary N) is 1. The highest BCUT2D eigenvalue weighted by Gasteiger charge is 2.28. The summed E-state index contributed by atoms with van der Waals surface area (Å²) in [5, 5.41) is 2.74. The summed E-state index contributed by atoms with van der Waals surface area (Å²) in [6.07, 6.45) is 0.505. The van der Waals surface area contributed by atoms with Gasteiger partial charge in [-0.15, -0.1) is 0 Å². The lowest BCUT2D eigenvalue weighted by Crippen LogP contribution is -2.35. The average molecular weight is 318 g/mol. The quantitative estimate of drug-likeness (QED) is 0.896. The van der Waals surface area contributed by atoms with Crippen molar-refractivity contribution in [3.05, 3.63) is 34.3 Å². The summed E-state index contributed by atoms with van der Waals surface area (Å²) in [5.74, 6) is -0.00677. The Kier molecular flexibility index (Phi) is 3.53. The molecule has 1 aliphatic rings. The Labute approximate surface area is 108 Å². The van der Waals surface area contributed by atoms with Crippen molar-refractivity contribution < 1.29 is 13.2 Å². The number of halogens is 1. The van der Waals surface area contributed by atoms with Crippen LogP contribution in [0.5, 0.6) is 0 Å². The first-order valence-corrected chi connectivity index (χ1v) is 7.84. The van der Waals surface area contributed by atoms with Crippen LogP contribution in [0.3, 0.4) is 0 Å². The van der Waals surface area contributed by atoms with Gasteiger partial charge in [-0.05, 0) is 30.7 Å². The lowest BCUT2D eigenvalue weighted by Gasteiger charge is -2.10. The Morgan fingerprint density at radius 2 is 1.94 bits per heavy atom. The monoisotopic (exact) mass is 317 g/mol. The number of sulfone groups is 1. The molecular weight excluding hydrogens is 306 g/mol. The Bertz CT molecular complexity index is 524. The van der Waals surface area contributed by atoms with Crippen molar-refractivity contribution in [3.63, 3.8) is 0 Å². The van der Waals surface area contributed by atoms with Crippen LogP contribution < -0.4 is 5.32 Å². The molecule has 1 fully saturated rings. The molecule has 4 nitrogen and oxygen atoms in total. The van der Waals surface area contributed by atoms with Gasteiger partial charge < -0.3 is 5.32 Å². The van der Waals surface area contributed by atoms with E-state index in [4.69, 9.17) is 0 Å². The van der Waals surface area contributed by atoms with Gasteiger partial charge >= 0.3 is 0 Å². The molecule has 0 saturated carbocycles. The van der Waals surface area contributed by atoms with E-state index in [0.29, 0.717) is 12.0 Å². The molecule has 0 unspecified atom stereocenters. The molecule has 1 aromatic rings. The summed E-state index contributed by atoms with van der Waals surface area (Å²) < 4.78 is 23.4. The molecule has 0 bridgehead atoms. The molecule has 92 valence electrons. The number of hydrogen-bond acceptors (Lipinski definition) is 3. The molecule has 1 heterocycles. The normalized spacial score (nSPS) is 22.3. The zero-order chi connectivity index (χ0) is 12.5. The highest BCUT2D eigenvalue weighted by atomic mass is 79.9. The first-order valence-electron chi connectivity index (χ1n) is 5.23. The van der Waals surface area contributed by atoms with Crippen LogP contribution in [0.15, 0.2) is 28.7 Å². The van der Waals surface area contributed by atoms with E-state index >= 15 is 0 Å². The minimum Gasteiger partial charge on any atom is -0.348 e. The molecule has 17 heavy (non-hydrogen) atoms. The summed E-state index contributed by atoms with van der Waals surface area (Å²) in [7, 11) is -2.95. The number of carbonyl (C=O) groups is 1. The molecular formula is C11H12BrNO3S. The summed E-state index contributed by atoms with van der Waals surface area (Å²) in [6.45, 7) is 0. The van der Waals surface area contributed by atoms with E-state index in [0.717, 1.165) is 4.47 Å². The molecule has 1 aromatic carbocycles. The lowest BCUT2D eigenvalue weighted by atomic mass is 10.2. The third-order valence-corrected chi connectivity index (χ3v) is 4.97. The summed E-state index contributed by atoms with van der Waals surface area (Å²) in [4.78, 5) is 11.8. The van der Waals surface area contributed by atoms with Crippen molar-refractivity contribution >= 4 is 31.7 Å². The second kappa shape index (κ2) is 4.78. The maximum absolute atomic E-state index is 11.8. The van der Waals surface area contributed by atoms with E-state index < -0.39 is 9.84 Å². The highest BCUT2D eigenvalue weighted by Crippen LogP contribution is 2.13. The van der Waals surface area contributed by atoms with Gasteiger partial charge in [0.15, 0.2) is 9.84 Å². The molecule has 0 radical (unpaired) electrons. The second-order valence-corrected chi connectivity index (χ2v) is 7.22. The highest BCUT2D eigenvalue weighted by molar-refractivity contribution is 9.10. The maximum Gasteiger partial charge on any atom is 0.251 e. The van der Waals surface area contributed by atoms with Crippen LogP contribution in [0, 0.1) is 0 Å². The topological polar surface area (TPSA) is 63.2 Å². The van der Waals surface area contributed by atoms with E-state index in [1.807, 2.05) is 0 Å². The molecule has 1 amide bonds. The molecule has 6 heteroatoms. The van der Waals surface area contributed by atoms with Gasteiger partial charge in [-0.2, -0.15) is 0 Å². The fourth-order valence-electron chi connectivity index (χ4n) is 1.78. The number of benzene rings is 1.